The number of hydrogen-bond donors (Lipinski definition) is 0. The summed E-state index contributed by atoms with van der Waals surface area (Å²) in [5.74, 6) is 0. The van der Waals surface area contributed by atoms with E-state index in [4.69, 9.17) is 22.4 Å². The maximum absolute atomic E-state index is 6.21. The van der Waals surface area contributed by atoms with E-state index in [1.807, 2.05) is 13.8 Å². The molecule has 0 aromatic heterocycles. The Balaban J connectivity index is 4.12. The third-order valence-electron chi connectivity index (χ3n) is 2.96. The summed E-state index contributed by atoms with van der Waals surface area (Å²) in [6, 6.07) is 0.993. The van der Waals surface area contributed by atoms with Crippen LogP contribution < -0.4 is 0 Å². The Hall–Kier alpha value is 0.451. The molecule has 0 radical (unpaired) electrons. The third kappa shape index (κ3) is 15.9. The van der Waals surface area contributed by atoms with Crippen molar-refractivity contribution in [2.24, 2.45) is 0 Å². The highest BCUT2D eigenvalue weighted by molar-refractivity contribution is 6.70. The number of rotatable bonds is 15. The van der Waals surface area contributed by atoms with Crippen molar-refractivity contribution in [1.29, 1.82) is 0 Å². The zero-order chi connectivity index (χ0) is 18.6. The normalized spacial score (nSPS) is 14.4. The van der Waals surface area contributed by atoms with Gasteiger partial charge < -0.3 is 22.4 Å². The molecule has 0 bridgehead atoms. The van der Waals surface area contributed by atoms with E-state index in [1.165, 1.54) is 0 Å². The highest BCUT2D eigenvalue weighted by Gasteiger charge is 2.24. The molecule has 24 heavy (non-hydrogen) atoms. The molecule has 0 rings (SSSR count). The van der Waals surface area contributed by atoms with Crippen molar-refractivity contribution in [3.63, 3.8) is 0 Å². The fourth-order valence-electron chi connectivity index (χ4n) is 2.11. The molecule has 1 unspecified atom stereocenters. The molecular formula is C16H40O5Si3. The summed E-state index contributed by atoms with van der Waals surface area (Å²) in [7, 11) is -4.63. The smallest absolute Gasteiger partial charge is 0.321 e. The lowest BCUT2D eigenvalue weighted by Gasteiger charge is -2.29. The Kier molecular flexibility index (Phi) is 13.0. The van der Waals surface area contributed by atoms with Crippen molar-refractivity contribution in [3.05, 3.63) is 0 Å². The van der Waals surface area contributed by atoms with Crippen LogP contribution in [0.1, 0.15) is 20.3 Å². The summed E-state index contributed by atoms with van der Waals surface area (Å²) in [5.41, 5.74) is 0. The van der Waals surface area contributed by atoms with E-state index in [1.54, 1.807) is 0 Å². The molecule has 1 atom stereocenters. The molecule has 0 aliphatic heterocycles. The lowest BCUT2D eigenvalue weighted by atomic mass is 10.4. The molecule has 0 aliphatic rings. The first-order valence-corrected chi connectivity index (χ1v) is 17.8. The summed E-state index contributed by atoms with van der Waals surface area (Å²) >= 11 is 0. The van der Waals surface area contributed by atoms with E-state index < -0.39 is 25.9 Å². The van der Waals surface area contributed by atoms with Crippen LogP contribution in [0.3, 0.4) is 0 Å². The van der Waals surface area contributed by atoms with Crippen LogP contribution >= 0.6 is 0 Å². The Morgan fingerprint density at radius 1 is 0.833 bits per heavy atom. The molecule has 146 valence electrons. The first-order valence-electron chi connectivity index (χ1n) is 9.20. The highest BCUT2D eigenvalue weighted by Crippen LogP contribution is 2.12. The lowest BCUT2D eigenvalue weighted by Crippen LogP contribution is -2.40. The fourth-order valence-corrected chi connectivity index (χ4v) is 5.61. The summed E-state index contributed by atoms with van der Waals surface area (Å²) < 4.78 is 29.4. The molecule has 0 aromatic carbocycles. The second kappa shape index (κ2) is 12.7. The predicted molar refractivity (Wildman–Crippen MR) is 108 cm³/mol. The van der Waals surface area contributed by atoms with Crippen LogP contribution in [0.15, 0.2) is 0 Å². The van der Waals surface area contributed by atoms with Crippen molar-refractivity contribution in [2.75, 3.05) is 33.0 Å². The van der Waals surface area contributed by atoms with E-state index in [-0.39, 0.29) is 6.10 Å². The van der Waals surface area contributed by atoms with Crippen molar-refractivity contribution in [2.45, 2.75) is 71.7 Å². The third-order valence-corrected chi connectivity index (χ3v) is 7.32. The molecule has 5 nitrogen and oxygen atoms in total. The Morgan fingerprint density at radius 2 is 1.42 bits per heavy atom. The van der Waals surface area contributed by atoms with Crippen LogP contribution in [0.2, 0.25) is 45.3 Å². The average molecular weight is 397 g/mol. The minimum atomic E-state index is -1.60. The van der Waals surface area contributed by atoms with Crippen molar-refractivity contribution >= 4 is 25.9 Å². The fraction of sp³-hybridized carbons (Fsp3) is 1.00. The van der Waals surface area contributed by atoms with Gasteiger partial charge in [-0.2, -0.15) is 0 Å². The van der Waals surface area contributed by atoms with E-state index in [9.17, 15) is 0 Å². The number of ether oxygens (including phenoxy) is 1. The van der Waals surface area contributed by atoms with E-state index in [2.05, 4.69) is 39.3 Å². The van der Waals surface area contributed by atoms with Crippen LogP contribution in [0.25, 0.3) is 0 Å². The summed E-state index contributed by atoms with van der Waals surface area (Å²) in [6.07, 6.45) is 1.01. The van der Waals surface area contributed by atoms with Crippen molar-refractivity contribution < 1.29 is 22.4 Å². The molecule has 8 heteroatoms. The quantitative estimate of drug-likeness (QED) is 0.311. The van der Waals surface area contributed by atoms with Crippen LogP contribution in [-0.4, -0.2) is 65.1 Å². The van der Waals surface area contributed by atoms with Gasteiger partial charge in [0.15, 0.2) is 16.6 Å². The molecule has 0 heterocycles. The van der Waals surface area contributed by atoms with Crippen LogP contribution in [0.5, 0.6) is 0 Å². The monoisotopic (exact) mass is 396 g/mol. The van der Waals surface area contributed by atoms with Gasteiger partial charge in [-0.3, -0.25) is 0 Å². The average Bonchev–Trinajstić information content (AvgIpc) is 2.42. The van der Waals surface area contributed by atoms with Gasteiger partial charge in [0.05, 0.1) is 19.3 Å². The topological polar surface area (TPSA) is 46.2 Å². The SMILES string of the molecule is CCO[SiH](CCCOCC(CO[Si](C)(C)C)O[Si](C)(C)C)OCC. The lowest BCUT2D eigenvalue weighted by molar-refractivity contribution is 0.0200. The standard InChI is InChI=1S/C16H40O5Si3/c1-9-18-22(19-10-2)13-11-12-17-14-16(21-24(6,7)8)15-20-23(3,4)5/h16,22H,9-15H2,1-8H3. The van der Waals surface area contributed by atoms with Gasteiger partial charge in [-0.05, 0) is 65.6 Å². The van der Waals surface area contributed by atoms with Crippen molar-refractivity contribution in [3.8, 4) is 0 Å². The molecule has 0 aliphatic carbocycles. The van der Waals surface area contributed by atoms with Gasteiger partial charge in [0.2, 0.25) is 0 Å². The Morgan fingerprint density at radius 3 is 1.88 bits per heavy atom. The van der Waals surface area contributed by atoms with Gasteiger partial charge in [0.25, 0.3) is 0 Å². The molecule has 0 N–H and O–H groups in total. The Bertz CT molecular complexity index is 299. The molecule has 0 aromatic rings. The van der Waals surface area contributed by atoms with E-state index in [0.717, 1.165) is 32.3 Å². The Labute approximate surface area is 153 Å². The summed E-state index contributed by atoms with van der Waals surface area (Å²) in [6.45, 7) is 20.7. The largest absolute Gasteiger partial charge is 0.415 e. The molecular weight excluding hydrogens is 356 g/mol. The van der Waals surface area contributed by atoms with Gasteiger partial charge in [-0.25, -0.2) is 0 Å². The first kappa shape index (κ1) is 24.5. The van der Waals surface area contributed by atoms with Gasteiger partial charge >= 0.3 is 9.28 Å². The summed E-state index contributed by atoms with van der Waals surface area (Å²) in [4.78, 5) is 0. The van der Waals surface area contributed by atoms with Gasteiger partial charge in [-0.15, -0.1) is 0 Å². The maximum Gasteiger partial charge on any atom is 0.321 e. The van der Waals surface area contributed by atoms with E-state index in [0.29, 0.717) is 13.2 Å². The van der Waals surface area contributed by atoms with Crippen LogP contribution in [0, 0.1) is 0 Å². The number of hydrogen-bond acceptors (Lipinski definition) is 5. The molecule has 0 amide bonds. The van der Waals surface area contributed by atoms with E-state index >= 15 is 0 Å². The van der Waals surface area contributed by atoms with Crippen LogP contribution in [0.4, 0.5) is 0 Å². The molecule has 0 saturated carbocycles. The van der Waals surface area contributed by atoms with Crippen molar-refractivity contribution in [1.82, 2.24) is 0 Å². The zero-order valence-corrected chi connectivity index (χ0v) is 20.3. The van der Waals surface area contributed by atoms with Gasteiger partial charge in [0.1, 0.15) is 0 Å². The minimum Gasteiger partial charge on any atom is -0.415 e. The molecule has 0 saturated heterocycles. The second-order valence-electron chi connectivity index (χ2n) is 7.83. The second-order valence-corrected chi connectivity index (χ2v) is 18.9. The van der Waals surface area contributed by atoms with Gasteiger partial charge in [-0.1, -0.05) is 0 Å². The van der Waals surface area contributed by atoms with Crippen LogP contribution in [-0.2, 0) is 22.4 Å². The minimum absolute atomic E-state index is 0.0372. The molecule has 0 fully saturated rings. The highest BCUT2D eigenvalue weighted by atomic mass is 28.4. The zero-order valence-electron chi connectivity index (χ0n) is 17.1. The predicted octanol–water partition coefficient (Wildman–Crippen LogP) is 3.76. The molecule has 0 spiro atoms. The van der Waals surface area contributed by atoms with Gasteiger partial charge in [0, 0.05) is 19.8 Å². The maximum atomic E-state index is 6.21. The summed E-state index contributed by atoms with van der Waals surface area (Å²) in [5, 5.41) is 0. The first-order chi connectivity index (χ1) is 11.1.